The third kappa shape index (κ3) is 4.25. The Morgan fingerprint density at radius 2 is 1.96 bits per heavy atom. The van der Waals surface area contributed by atoms with Crippen molar-refractivity contribution in [3.05, 3.63) is 53.1 Å². The summed E-state index contributed by atoms with van der Waals surface area (Å²) in [4.78, 5) is 26.9. The molecule has 1 N–H and O–H groups in total. The summed E-state index contributed by atoms with van der Waals surface area (Å²) < 4.78 is 5.74. The van der Waals surface area contributed by atoms with Gasteiger partial charge in [0.1, 0.15) is 5.75 Å². The van der Waals surface area contributed by atoms with Gasteiger partial charge < -0.3 is 15.0 Å². The number of amides is 2. The molecule has 0 saturated carbocycles. The number of halogens is 1. The Hall–Kier alpha value is -2.53. The van der Waals surface area contributed by atoms with Gasteiger partial charge in [-0.3, -0.25) is 9.59 Å². The fourth-order valence-electron chi connectivity index (χ4n) is 3.17. The maximum atomic E-state index is 12.8. The van der Waals surface area contributed by atoms with Crippen LogP contribution in [0, 0.1) is 12.8 Å². The Morgan fingerprint density at radius 3 is 2.70 bits per heavy atom. The van der Waals surface area contributed by atoms with E-state index in [4.69, 9.17) is 16.3 Å². The average molecular weight is 387 g/mol. The van der Waals surface area contributed by atoms with Crippen LogP contribution in [0.4, 0.5) is 11.4 Å². The molecule has 3 rings (SSSR count). The first-order valence-corrected chi connectivity index (χ1v) is 9.36. The Kier molecular flexibility index (Phi) is 5.71. The Labute approximate surface area is 164 Å². The largest absolute Gasteiger partial charge is 0.489 e. The first-order valence-electron chi connectivity index (χ1n) is 8.99. The quantitative estimate of drug-likeness (QED) is 0.827. The van der Waals surface area contributed by atoms with Gasteiger partial charge in [0.05, 0.1) is 17.7 Å². The molecule has 2 amide bonds. The van der Waals surface area contributed by atoms with Gasteiger partial charge in [-0.25, -0.2) is 0 Å². The molecule has 0 radical (unpaired) electrons. The van der Waals surface area contributed by atoms with Crippen molar-refractivity contribution in [1.29, 1.82) is 0 Å². The molecule has 1 unspecified atom stereocenters. The van der Waals surface area contributed by atoms with E-state index in [0.717, 1.165) is 11.3 Å². The summed E-state index contributed by atoms with van der Waals surface area (Å²) in [5.74, 6) is -0.0757. The second-order valence-corrected chi connectivity index (χ2v) is 7.35. The van der Waals surface area contributed by atoms with Crippen LogP contribution in [0.3, 0.4) is 0 Å². The normalized spacial score (nSPS) is 16.7. The van der Waals surface area contributed by atoms with Crippen molar-refractivity contribution in [2.24, 2.45) is 5.92 Å². The average Bonchev–Trinajstić information content (AvgIpc) is 3.00. The first kappa shape index (κ1) is 19.2. The number of carbonyl (C=O) groups is 2. The molecule has 0 spiro atoms. The highest BCUT2D eigenvalue weighted by molar-refractivity contribution is 6.31. The lowest BCUT2D eigenvalue weighted by Crippen LogP contribution is -2.28. The minimum Gasteiger partial charge on any atom is -0.489 e. The molecular formula is C21H23ClN2O3. The Balaban J connectivity index is 1.74. The number of ether oxygens (including phenoxy) is 1. The third-order valence-corrected chi connectivity index (χ3v) is 4.94. The first-order chi connectivity index (χ1) is 12.9. The summed E-state index contributed by atoms with van der Waals surface area (Å²) in [6.45, 7) is 6.07. The molecule has 27 heavy (non-hydrogen) atoms. The van der Waals surface area contributed by atoms with Crippen LogP contribution < -0.4 is 15.0 Å². The van der Waals surface area contributed by atoms with E-state index in [2.05, 4.69) is 5.32 Å². The number of anilines is 2. The van der Waals surface area contributed by atoms with Gasteiger partial charge in [0.2, 0.25) is 11.8 Å². The maximum absolute atomic E-state index is 12.8. The lowest BCUT2D eigenvalue weighted by atomic mass is 10.1. The number of rotatable bonds is 5. The molecule has 0 bridgehead atoms. The summed E-state index contributed by atoms with van der Waals surface area (Å²) in [5.41, 5.74) is 2.21. The number of nitrogens with one attached hydrogen (secondary N) is 1. The van der Waals surface area contributed by atoms with E-state index >= 15 is 0 Å². The van der Waals surface area contributed by atoms with Gasteiger partial charge >= 0.3 is 0 Å². The molecule has 1 aliphatic heterocycles. The molecule has 142 valence electrons. The molecule has 0 aliphatic carbocycles. The van der Waals surface area contributed by atoms with Crippen molar-refractivity contribution in [3.63, 3.8) is 0 Å². The molecule has 1 atom stereocenters. The molecule has 6 heteroatoms. The molecule has 1 heterocycles. The van der Waals surface area contributed by atoms with Gasteiger partial charge in [0.15, 0.2) is 0 Å². The van der Waals surface area contributed by atoms with Crippen LogP contribution in [0.2, 0.25) is 5.02 Å². The number of benzene rings is 2. The van der Waals surface area contributed by atoms with Crippen molar-refractivity contribution in [3.8, 4) is 5.75 Å². The van der Waals surface area contributed by atoms with E-state index in [1.54, 1.807) is 17.0 Å². The van der Waals surface area contributed by atoms with E-state index in [0.29, 0.717) is 23.0 Å². The maximum Gasteiger partial charge on any atom is 0.229 e. The van der Waals surface area contributed by atoms with Crippen LogP contribution in [0.1, 0.15) is 25.8 Å². The van der Waals surface area contributed by atoms with Crippen molar-refractivity contribution < 1.29 is 14.3 Å². The summed E-state index contributed by atoms with van der Waals surface area (Å²) in [6.07, 6.45) is 0.169. The Morgan fingerprint density at radius 1 is 1.22 bits per heavy atom. The molecule has 5 nitrogen and oxygen atoms in total. The SMILES string of the molecule is Cc1c(Cl)cccc1N1CC(C(=O)Nc2ccccc2OC(C)C)CC1=O. The van der Waals surface area contributed by atoms with Crippen LogP contribution >= 0.6 is 11.6 Å². The van der Waals surface area contributed by atoms with Gasteiger partial charge in [-0.05, 0) is 50.6 Å². The number of nitrogens with zero attached hydrogens (tertiary/aromatic N) is 1. The highest BCUT2D eigenvalue weighted by Crippen LogP contribution is 2.32. The fourth-order valence-corrected chi connectivity index (χ4v) is 3.34. The highest BCUT2D eigenvalue weighted by atomic mass is 35.5. The fraction of sp³-hybridized carbons (Fsp3) is 0.333. The minimum atomic E-state index is -0.428. The second-order valence-electron chi connectivity index (χ2n) is 6.94. The van der Waals surface area contributed by atoms with E-state index in [9.17, 15) is 9.59 Å². The lowest BCUT2D eigenvalue weighted by molar-refractivity contribution is -0.122. The van der Waals surface area contributed by atoms with Gasteiger partial charge in [-0.1, -0.05) is 29.8 Å². The lowest BCUT2D eigenvalue weighted by Gasteiger charge is -2.20. The standard InChI is InChI=1S/C21H23ClN2O3/c1-13(2)27-19-10-5-4-8-17(19)23-21(26)15-11-20(25)24(12-15)18-9-6-7-16(22)14(18)3/h4-10,13,15H,11-12H2,1-3H3,(H,23,26). The smallest absolute Gasteiger partial charge is 0.229 e. The molecule has 2 aromatic carbocycles. The zero-order valence-electron chi connectivity index (χ0n) is 15.7. The van der Waals surface area contributed by atoms with E-state index < -0.39 is 5.92 Å². The minimum absolute atomic E-state index is 0.00240. The molecular weight excluding hydrogens is 364 g/mol. The number of hydrogen-bond acceptors (Lipinski definition) is 3. The monoisotopic (exact) mass is 386 g/mol. The molecule has 1 fully saturated rings. The molecule has 1 saturated heterocycles. The molecule has 1 aliphatic rings. The van der Waals surface area contributed by atoms with Crippen LogP contribution in [-0.4, -0.2) is 24.5 Å². The van der Waals surface area contributed by atoms with Crippen LogP contribution in [0.5, 0.6) is 5.75 Å². The third-order valence-electron chi connectivity index (χ3n) is 4.53. The zero-order valence-corrected chi connectivity index (χ0v) is 16.4. The predicted octanol–water partition coefficient (Wildman–Crippen LogP) is 4.43. The van der Waals surface area contributed by atoms with Crippen molar-refractivity contribution in [2.75, 3.05) is 16.8 Å². The molecule has 2 aromatic rings. The van der Waals surface area contributed by atoms with E-state index in [-0.39, 0.29) is 24.3 Å². The molecule has 0 aromatic heterocycles. The van der Waals surface area contributed by atoms with Gasteiger partial charge in [0, 0.05) is 23.7 Å². The number of hydrogen-bond donors (Lipinski definition) is 1. The van der Waals surface area contributed by atoms with Gasteiger partial charge in [0.25, 0.3) is 0 Å². The zero-order chi connectivity index (χ0) is 19.6. The predicted molar refractivity (Wildman–Crippen MR) is 107 cm³/mol. The summed E-state index contributed by atoms with van der Waals surface area (Å²) >= 11 is 6.17. The summed E-state index contributed by atoms with van der Waals surface area (Å²) in [6, 6.07) is 12.8. The van der Waals surface area contributed by atoms with Crippen LogP contribution in [0.15, 0.2) is 42.5 Å². The van der Waals surface area contributed by atoms with Gasteiger partial charge in [-0.15, -0.1) is 0 Å². The van der Waals surface area contributed by atoms with E-state index in [1.807, 2.05) is 51.1 Å². The Bertz CT molecular complexity index is 866. The summed E-state index contributed by atoms with van der Waals surface area (Å²) in [7, 11) is 0. The van der Waals surface area contributed by atoms with Crippen molar-refractivity contribution >= 4 is 34.8 Å². The van der Waals surface area contributed by atoms with Crippen molar-refractivity contribution in [1.82, 2.24) is 0 Å². The van der Waals surface area contributed by atoms with Crippen LogP contribution in [-0.2, 0) is 9.59 Å². The highest BCUT2D eigenvalue weighted by Gasteiger charge is 2.36. The summed E-state index contributed by atoms with van der Waals surface area (Å²) in [5, 5.41) is 3.51. The van der Waals surface area contributed by atoms with E-state index in [1.165, 1.54) is 0 Å². The van der Waals surface area contributed by atoms with Crippen molar-refractivity contribution in [2.45, 2.75) is 33.3 Å². The van der Waals surface area contributed by atoms with Crippen LogP contribution in [0.25, 0.3) is 0 Å². The number of para-hydroxylation sites is 2. The topological polar surface area (TPSA) is 58.6 Å². The van der Waals surface area contributed by atoms with Gasteiger partial charge in [-0.2, -0.15) is 0 Å². The second kappa shape index (κ2) is 8.01. The number of carbonyl (C=O) groups excluding carboxylic acids is 2.